The molecule has 2 aliphatic heterocycles. The molecule has 6 nitrogen and oxygen atoms in total. The molecule has 0 radical (unpaired) electrons. The second kappa shape index (κ2) is 12.0. The van der Waals surface area contributed by atoms with Crippen LogP contribution in [-0.2, 0) is 12.7 Å². The van der Waals surface area contributed by atoms with Crippen LogP contribution in [0.3, 0.4) is 0 Å². The molecule has 0 N–H and O–H groups in total. The Balaban J connectivity index is 1.44. The van der Waals surface area contributed by atoms with Crippen molar-refractivity contribution in [2.45, 2.75) is 24.7 Å². The first-order valence-corrected chi connectivity index (χ1v) is 13.0. The van der Waals surface area contributed by atoms with E-state index in [4.69, 9.17) is 0 Å². The van der Waals surface area contributed by atoms with E-state index in [0.717, 1.165) is 43.9 Å². The van der Waals surface area contributed by atoms with Crippen molar-refractivity contribution in [3.8, 4) is 0 Å². The molecule has 2 saturated heterocycles. The Hall–Kier alpha value is -2.69. The molecule has 0 bridgehead atoms. The van der Waals surface area contributed by atoms with Crippen LogP contribution in [0.2, 0.25) is 0 Å². The number of urea groups is 1. The summed E-state index contributed by atoms with van der Waals surface area (Å²) in [5, 5.41) is 0. The molecule has 0 aromatic heterocycles. The number of hydrogen-bond donors (Lipinski definition) is 0. The van der Waals surface area contributed by atoms with Crippen LogP contribution in [0.25, 0.3) is 0 Å². The van der Waals surface area contributed by atoms with Crippen LogP contribution in [0.15, 0.2) is 48.5 Å². The monoisotopic (exact) mass is 535 g/mol. The first kappa shape index (κ1) is 28.3. The van der Waals surface area contributed by atoms with E-state index in [1.165, 1.54) is 6.07 Å². The highest BCUT2D eigenvalue weighted by atomic mass is 19.4. The van der Waals surface area contributed by atoms with Gasteiger partial charge in [-0.05, 0) is 44.4 Å². The van der Waals surface area contributed by atoms with Crippen LogP contribution < -0.4 is 0 Å². The lowest BCUT2D eigenvalue weighted by molar-refractivity contribution is -0.140. The van der Waals surface area contributed by atoms with Gasteiger partial charge in [-0.2, -0.15) is 13.2 Å². The number of alkyl halides is 3. The summed E-state index contributed by atoms with van der Waals surface area (Å²) in [6, 6.07) is 13.0. The molecule has 10 heteroatoms. The van der Waals surface area contributed by atoms with E-state index in [0.29, 0.717) is 31.7 Å². The first-order valence-electron chi connectivity index (χ1n) is 13.0. The lowest BCUT2D eigenvalue weighted by Crippen LogP contribution is -2.53. The van der Waals surface area contributed by atoms with Crippen molar-refractivity contribution in [2.75, 3.05) is 73.5 Å². The van der Waals surface area contributed by atoms with Gasteiger partial charge >= 0.3 is 12.2 Å². The number of nitrogens with zero attached hydrogens (tertiary/aromatic N) is 5. The van der Waals surface area contributed by atoms with Gasteiger partial charge in [-0.15, -0.1) is 0 Å². The van der Waals surface area contributed by atoms with Crippen molar-refractivity contribution in [3.05, 3.63) is 71.0 Å². The fourth-order valence-corrected chi connectivity index (χ4v) is 5.41. The average molecular weight is 536 g/mol. The van der Waals surface area contributed by atoms with Gasteiger partial charge in [0, 0.05) is 70.9 Å². The molecular weight excluding hydrogens is 498 g/mol. The largest absolute Gasteiger partial charge is 0.419 e. The van der Waals surface area contributed by atoms with Gasteiger partial charge in [-0.3, -0.25) is 9.80 Å². The molecule has 0 spiro atoms. The zero-order valence-corrected chi connectivity index (χ0v) is 22.3. The van der Waals surface area contributed by atoms with Crippen LogP contribution >= 0.6 is 0 Å². The lowest BCUT2D eigenvalue weighted by Gasteiger charge is -2.37. The van der Waals surface area contributed by atoms with Gasteiger partial charge < -0.3 is 14.7 Å². The van der Waals surface area contributed by atoms with Gasteiger partial charge in [0.15, 0.2) is 0 Å². The van der Waals surface area contributed by atoms with Crippen LogP contribution in [0.4, 0.5) is 22.4 Å². The Morgan fingerprint density at radius 2 is 1.63 bits per heavy atom. The molecule has 0 unspecified atom stereocenters. The smallest absolute Gasteiger partial charge is 0.322 e. The number of likely N-dealkylation sites (tertiary alicyclic amines) is 1. The number of hydrogen-bond acceptors (Lipinski definition) is 4. The molecule has 2 aromatic carbocycles. The van der Waals surface area contributed by atoms with Crippen molar-refractivity contribution in [1.29, 1.82) is 0 Å². The SMILES string of the molecule is CN(C)CCN1CCN(C(=O)N2C[C@H](c3ccccc3)[C@@H](N(C)Cc3ccc(C(F)(F)F)c(F)c3)C2)CC1. The normalized spacial score (nSPS) is 21.1. The number of rotatable bonds is 7. The van der Waals surface area contributed by atoms with Gasteiger partial charge in [0.25, 0.3) is 0 Å². The van der Waals surface area contributed by atoms with E-state index in [1.807, 2.05) is 52.1 Å². The molecule has 4 rings (SSSR count). The third kappa shape index (κ3) is 6.84. The maximum atomic E-state index is 14.2. The second-order valence-corrected chi connectivity index (χ2v) is 10.6. The van der Waals surface area contributed by atoms with Crippen molar-refractivity contribution in [3.63, 3.8) is 0 Å². The molecule has 2 atom stereocenters. The third-order valence-corrected chi connectivity index (χ3v) is 7.63. The van der Waals surface area contributed by atoms with Crippen molar-refractivity contribution in [2.24, 2.45) is 0 Å². The lowest BCUT2D eigenvalue weighted by atomic mass is 9.93. The Bertz CT molecular complexity index is 1070. The summed E-state index contributed by atoms with van der Waals surface area (Å²) >= 11 is 0. The van der Waals surface area contributed by atoms with E-state index in [1.54, 1.807) is 0 Å². The zero-order chi connectivity index (χ0) is 27.4. The Morgan fingerprint density at radius 3 is 2.24 bits per heavy atom. The summed E-state index contributed by atoms with van der Waals surface area (Å²) in [5.41, 5.74) is 0.306. The minimum absolute atomic E-state index is 0.0228. The molecule has 2 aliphatic rings. The minimum atomic E-state index is -4.73. The van der Waals surface area contributed by atoms with E-state index in [-0.39, 0.29) is 24.5 Å². The standard InChI is InChI=1S/C28H37F4N5O/c1-33(2)11-12-35-13-15-36(16-14-35)27(38)37-19-23(22-7-5-4-6-8-22)26(20-37)34(3)18-21-9-10-24(25(29)17-21)28(30,31)32/h4-10,17,23,26H,11-16,18-20H2,1-3H3/t23-,26+/m1/s1. The average Bonchev–Trinajstić information content (AvgIpc) is 3.33. The molecule has 0 aliphatic carbocycles. The summed E-state index contributed by atoms with van der Waals surface area (Å²) < 4.78 is 53.2. The number of carbonyl (C=O) groups excluding carboxylic acids is 1. The highest BCUT2D eigenvalue weighted by Crippen LogP contribution is 2.34. The summed E-state index contributed by atoms with van der Waals surface area (Å²) in [6.45, 7) is 6.35. The molecule has 2 amide bonds. The van der Waals surface area contributed by atoms with Crippen LogP contribution in [-0.4, -0.2) is 110 Å². The third-order valence-electron chi connectivity index (χ3n) is 7.63. The summed E-state index contributed by atoms with van der Waals surface area (Å²) in [5.74, 6) is -1.23. The summed E-state index contributed by atoms with van der Waals surface area (Å²) in [6.07, 6.45) is -4.73. The fourth-order valence-electron chi connectivity index (χ4n) is 5.41. The van der Waals surface area contributed by atoms with Crippen LogP contribution in [0.1, 0.15) is 22.6 Å². The van der Waals surface area contributed by atoms with Gasteiger partial charge in [-0.1, -0.05) is 36.4 Å². The minimum Gasteiger partial charge on any atom is -0.322 e. The van der Waals surface area contributed by atoms with Gasteiger partial charge in [0.1, 0.15) is 5.82 Å². The van der Waals surface area contributed by atoms with Gasteiger partial charge in [-0.25, -0.2) is 9.18 Å². The topological polar surface area (TPSA) is 33.3 Å². The highest BCUT2D eigenvalue weighted by molar-refractivity contribution is 5.75. The predicted molar refractivity (Wildman–Crippen MR) is 139 cm³/mol. The van der Waals surface area contributed by atoms with Crippen molar-refractivity contribution < 1.29 is 22.4 Å². The maximum absolute atomic E-state index is 14.2. The number of piperazine rings is 1. The molecule has 208 valence electrons. The van der Waals surface area contributed by atoms with E-state index in [2.05, 4.69) is 23.9 Å². The Kier molecular flexibility index (Phi) is 8.95. The second-order valence-electron chi connectivity index (χ2n) is 10.6. The summed E-state index contributed by atoms with van der Waals surface area (Å²) in [7, 11) is 5.99. The van der Waals surface area contributed by atoms with E-state index < -0.39 is 17.6 Å². The molecule has 2 fully saturated rings. The molecule has 38 heavy (non-hydrogen) atoms. The Labute approximate surface area is 222 Å². The van der Waals surface area contributed by atoms with Gasteiger partial charge in [0.05, 0.1) is 5.56 Å². The fraction of sp³-hybridized carbons (Fsp3) is 0.536. The number of benzene rings is 2. The number of likely N-dealkylation sites (N-methyl/N-ethyl adjacent to an activating group) is 2. The molecule has 2 heterocycles. The van der Waals surface area contributed by atoms with Crippen molar-refractivity contribution in [1.82, 2.24) is 24.5 Å². The van der Waals surface area contributed by atoms with E-state index in [9.17, 15) is 22.4 Å². The molecule has 0 saturated carbocycles. The quantitative estimate of drug-likeness (QED) is 0.501. The summed E-state index contributed by atoms with van der Waals surface area (Å²) in [4.78, 5) is 23.9. The number of amides is 2. The van der Waals surface area contributed by atoms with Crippen molar-refractivity contribution >= 4 is 6.03 Å². The first-order chi connectivity index (χ1) is 18.0. The molecule has 2 aromatic rings. The van der Waals surface area contributed by atoms with E-state index >= 15 is 0 Å². The Morgan fingerprint density at radius 1 is 0.947 bits per heavy atom. The van der Waals surface area contributed by atoms with Crippen LogP contribution in [0, 0.1) is 5.82 Å². The number of halogens is 4. The van der Waals surface area contributed by atoms with Gasteiger partial charge in [0.2, 0.25) is 0 Å². The highest BCUT2D eigenvalue weighted by Gasteiger charge is 2.40. The number of carbonyl (C=O) groups is 1. The predicted octanol–water partition coefficient (Wildman–Crippen LogP) is 4.04. The molecular formula is C28H37F4N5O. The zero-order valence-electron chi connectivity index (χ0n) is 22.3. The maximum Gasteiger partial charge on any atom is 0.419 e. The van der Waals surface area contributed by atoms with Crippen LogP contribution in [0.5, 0.6) is 0 Å².